The summed E-state index contributed by atoms with van der Waals surface area (Å²) in [5, 5.41) is 17.7. The fourth-order valence-corrected chi connectivity index (χ4v) is 6.07. The van der Waals surface area contributed by atoms with E-state index in [1.807, 2.05) is 13.8 Å². The van der Waals surface area contributed by atoms with Crippen LogP contribution in [0, 0.1) is 5.92 Å². The molecule has 3 rings (SSSR count). The number of rotatable bonds is 19. The number of nitrogens with zero attached hydrogens (tertiary/aromatic N) is 1. The van der Waals surface area contributed by atoms with Gasteiger partial charge in [-0.05, 0) is 80.7 Å². The Morgan fingerprint density at radius 3 is 1.94 bits per heavy atom. The predicted molar refractivity (Wildman–Crippen MR) is 193 cm³/mol. The molecule has 298 valence electrons. The summed E-state index contributed by atoms with van der Waals surface area (Å²) >= 11 is 0. The lowest BCUT2D eigenvalue weighted by molar-refractivity contribution is -0.274. The van der Waals surface area contributed by atoms with E-state index in [0.717, 1.165) is 12.1 Å². The zero-order valence-corrected chi connectivity index (χ0v) is 30.6. The van der Waals surface area contributed by atoms with Crippen LogP contribution in [0.25, 0.3) is 0 Å². The number of carboxylic acid groups (broad SMARTS) is 1. The highest BCUT2D eigenvalue weighted by atomic mass is 19.4. The number of nitrogens with one attached hydrogen (secondary N) is 3. The molecule has 1 aliphatic rings. The molecule has 0 bridgehead atoms. The summed E-state index contributed by atoms with van der Waals surface area (Å²) in [5.74, 6) is -4.04. The zero-order chi connectivity index (χ0) is 40.1. The number of carboxylic acids is 1. The van der Waals surface area contributed by atoms with Crippen molar-refractivity contribution in [3.05, 3.63) is 65.7 Å². The number of ether oxygens (including phenoxy) is 1. The van der Waals surface area contributed by atoms with Crippen LogP contribution in [-0.4, -0.2) is 95.3 Å². The topological polar surface area (TPSA) is 232 Å². The van der Waals surface area contributed by atoms with Gasteiger partial charge in [0.15, 0.2) is 0 Å². The Morgan fingerprint density at radius 2 is 1.39 bits per heavy atom. The van der Waals surface area contributed by atoms with Gasteiger partial charge in [-0.1, -0.05) is 56.3 Å². The first kappa shape index (κ1) is 43.7. The lowest BCUT2D eigenvalue weighted by Crippen LogP contribution is -2.60. The Kier molecular flexibility index (Phi) is 16.2. The molecule has 4 unspecified atom stereocenters. The second kappa shape index (κ2) is 20.1. The number of amides is 4. The number of hydrogen-bond donors (Lipinski definition) is 7. The molecule has 1 fully saturated rings. The first-order valence-corrected chi connectivity index (χ1v) is 18.0. The fraction of sp³-hybridized carbons (Fsp3) is 0.541. The minimum atomic E-state index is -4.86. The average molecular weight is 764 g/mol. The maximum Gasteiger partial charge on any atom is 0.573 e. The second-order valence-corrected chi connectivity index (χ2v) is 14.1. The molecular weight excluding hydrogens is 711 g/mol. The third-order valence-corrected chi connectivity index (χ3v) is 9.16. The van der Waals surface area contributed by atoms with Crippen LogP contribution in [-0.2, 0) is 36.8 Å². The first-order valence-electron chi connectivity index (χ1n) is 18.0. The van der Waals surface area contributed by atoms with Crippen LogP contribution < -0.4 is 37.9 Å². The number of nitrogens with two attached hydrogens (primary N) is 3. The molecule has 1 aliphatic heterocycles. The van der Waals surface area contributed by atoms with Crippen molar-refractivity contribution in [3.8, 4) is 5.75 Å². The largest absolute Gasteiger partial charge is 0.573 e. The van der Waals surface area contributed by atoms with Crippen molar-refractivity contribution < 1.29 is 47.0 Å². The molecule has 4 amide bonds. The highest BCUT2D eigenvalue weighted by molar-refractivity contribution is 5.95. The lowest BCUT2D eigenvalue weighted by atomic mass is 9.88. The van der Waals surface area contributed by atoms with Crippen molar-refractivity contribution in [2.24, 2.45) is 23.1 Å². The minimum absolute atomic E-state index is 0.0404. The van der Waals surface area contributed by atoms with E-state index in [0.29, 0.717) is 30.5 Å². The van der Waals surface area contributed by atoms with Crippen molar-refractivity contribution in [1.82, 2.24) is 20.9 Å². The Labute approximate surface area is 312 Å². The number of likely N-dealkylation sites (tertiary alicyclic amines) is 1. The molecule has 0 aliphatic carbocycles. The van der Waals surface area contributed by atoms with Gasteiger partial charge >= 0.3 is 12.3 Å². The van der Waals surface area contributed by atoms with Gasteiger partial charge in [0, 0.05) is 19.5 Å². The molecule has 1 heterocycles. The summed E-state index contributed by atoms with van der Waals surface area (Å²) in [4.78, 5) is 67.9. The van der Waals surface area contributed by atoms with Crippen LogP contribution in [0.1, 0.15) is 63.5 Å². The van der Waals surface area contributed by atoms with Gasteiger partial charge in [0.2, 0.25) is 23.6 Å². The van der Waals surface area contributed by atoms with Gasteiger partial charge in [-0.15, -0.1) is 13.2 Å². The van der Waals surface area contributed by atoms with Gasteiger partial charge in [0.1, 0.15) is 29.4 Å². The number of aliphatic carboxylic acids is 1. The van der Waals surface area contributed by atoms with Gasteiger partial charge in [-0.25, -0.2) is 0 Å². The number of carbonyl (C=O) groups is 5. The minimum Gasteiger partial charge on any atom is -0.480 e. The fourth-order valence-electron chi connectivity index (χ4n) is 6.07. The summed E-state index contributed by atoms with van der Waals surface area (Å²) in [6.45, 7) is 4.28. The first-order chi connectivity index (χ1) is 25.4. The SMILES string of the molecule is CC(C)CC(NC(=O)C(Cc1ccccc1)NC(=O)C(N)Cc1ccc(OC(F)(F)F)cc1)C(=O)NC(CCCCN)C(=O)N1CCC(N)(C(=O)O)CC1. The van der Waals surface area contributed by atoms with E-state index in [2.05, 4.69) is 20.7 Å². The van der Waals surface area contributed by atoms with E-state index in [9.17, 15) is 42.3 Å². The molecular formula is C37H52F3N7O7. The summed E-state index contributed by atoms with van der Waals surface area (Å²) in [5.41, 5.74) is 17.6. The van der Waals surface area contributed by atoms with Gasteiger partial charge in [0.25, 0.3) is 0 Å². The molecule has 0 aromatic heterocycles. The van der Waals surface area contributed by atoms with Crippen LogP contribution in [0.5, 0.6) is 5.75 Å². The van der Waals surface area contributed by atoms with E-state index in [1.165, 1.54) is 17.0 Å². The van der Waals surface area contributed by atoms with E-state index >= 15 is 0 Å². The van der Waals surface area contributed by atoms with Crippen LogP contribution in [0.3, 0.4) is 0 Å². The highest BCUT2D eigenvalue weighted by Gasteiger charge is 2.40. The maximum absolute atomic E-state index is 13.9. The lowest BCUT2D eigenvalue weighted by Gasteiger charge is -2.38. The van der Waals surface area contributed by atoms with Crippen molar-refractivity contribution >= 4 is 29.6 Å². The Hall–Kier alpha value is -4.74. The van der Waals surface area contributed by atoms with Crippen LogP contribution in [0.15, 0.2) is 54.6 Å². The number of unbranched alkanes of at least 4 members (excludes halogenated alkanes) is 1. The third kappa shape index (κ3) is 13.9. The van der Waals surface area contributed by atoms with Crippen molar-refractivity contribution in [1.29, 1.82) is 0 Å². The Bertz CT molecular complexity index is 1550. The van der Waals surface area contributed by atoms with Crippen LogP contribution in [0.2, 0.25) is 0 Å². The van der Waals surface area contributed by atoms with E-state index in [4.69, 9.17) is 17.2 Å². The Balaban J connectivity index is 1.76. The number of piperidine rings is 1. The van der Waals surface area contributed by atoms with Crippen LogP contribution in [0.4, 0.5) is 13.2 Å². The Morgan fingerprint density at radius 1 is 0.833 bits per heavy atom. The molecule has 14 nitrogen and oxygen atoms in total. The van der Waals surface area contributed by atoms with Crippen molar-refractivity contribution in [2.45, 2.75) is 101 Å². The third-order valence-electron chi connectivity index (χ3n) is 9.16. The van der Waals surface area contributed by atoms with E-state index in [-0.39, 0.29) is 57.5 Å². The zero-order valence-electron chi connectivity index (χ0n) is 30.6. The maximum atomic E-state index is 13.9. The molecule has 17 heteroatoms. The quantitative estimate of drug-likeness (QED) is 0.102. The monoisotopic (exact) mass is 763 g/mol. The molecule has 0 saturated carbocycles. The number of hydrogen-bond acceptors (Lipinski definition) is 9. The molecule has 0 radical (unpaired) electrons. The summed E-state index contributed by atoms with van der Waals surface area (Å²) in [6, 6.07) is 9.29. The normalized spacial score (nSPS) is 16.4. The van der Waals surface area contributed by atoms with Gasteiger partial charge in [-0.2, -0.15) is 0 Å². The second-order valence-electron chi connectivity index (χ2n) is 14.1. The summed E-state index contributed by atoms with van der Waals surface area (Å²) in [7, 11) is 0. The van der Waals surface area contributed by atoms with Gasteiger partial charge < -0.3 is 47.9 Å². The van der Waals surface area contributed by atoms with Crippen molar-refractivity contribution in [3.63, 3.8) is 0 Å². The van der Waals surface area contributed by atoms with Gasteiger partial charge in [0.05, 0.1) is 6.04 Å². The van der Waals surface area contributed by atoms with E-state index in [1.54, 1.807) is 30.3 Å². The summed E-state index contributed by atoms with van der Waals surface area (Å²) < 4.78 is 41.6. The van der Waals surface area contributed by atoms with E-state index < -0.39 is 71.4 Å². The molecule has 2 aromatic carbocycles. The molecule has 54 heavy (non-hydrogen) atoms. The molecule has 4 atom stereocenters. The summed E-state index contributed by atoms with van der Waals surface area (Å²) in [6.07, 6.45) is -3.22. The number of halogens is 3. The van der Waals surface area contributed by atoms with Gasteiger partial charge in [-0.3, -0.25) is 24.0 Å². The molecule has 0 spiro atoms. The number of benzene rings is 2. The number of carbonyl (C=O) groups excluding carboxylic acids is 4. The standard InChI is InChI=1S/C37H52F3N7O7/c1-23(2)20-29(32(49)44-28(10-6-7-17-41)34(51)47-18-15-36(43,16-19-47)35(52)53)46-33(50)30(22-24-8-4-3-5-9-24)45-31(48)27(42)21-25-11-13-26(14-12-25)54-37(38,39)40/h3-5,8-9,11-14,23,27-30H,6-7,10,15-22,41-43H2,1-2H3,(H,44,49)(H,45,48)(H,46,50)(H,52,53). The number of alkyl halides is 3. The van der Waals surface area contributed by atoms with Crippen molar-refractivity contribution in [2.75, 3.05) is 19.6 Å². The molecule has 1 saturated heterocycles. The molecule has 10 N–H and O–H groups in total. The average Bonchev–Trinajstić information content (AvgIpc) is 3.11. The van der Waals surface area contributed by atoms with Crippen LogP contribution >= 0.6 is 0 Å². The smallest absolute Gasteiger partial charge is 0.480 e. The predicted octanol–water partition coefficient (Wildman–Crippen LogP) is 1.73. The highest BCUT2D eigenvalue weighted by Crippen LogP contribution is 2.24. The molecule has 2 aromatic rings.